The van der Waals surface area contributed by atoms with Gasteiger partial charge in [0.2, 0.25) is 15.9 Å². The quantitative estimate of drug-likeness (QED) is 0.413. The van der Waals surface area contributed by atoms with Gasteiger partial charge in [0.25, 0.3) is 5.69 Å². The second kappa shape index (κ2) is 8.76. The van der Waals surface area contributed by atoms with Gasteiger partial charge in [-0.25, -0.2) is 8.42 Å². The van der Waals surface area contributed by atoms with Crippen LogP contribution in [0.3, 0.4) is 0 Å². The first-order valence-electron chi connectivity index (χ1n) is 9.47. The van der Waals surface area contributed by atoms with Crippen LogP contribution in [0.2, 0.25) is 0 Å². The predicted octanol–water partition coefficient (Wildman–Crippen LogP) is 2.76. The van der Waals surface area contributed by atoms with Gasteiger partial charge in [-0.15, -0.1) is 0 Å². The lowest BCUT2D eigenvalue weighted by Crippen LogP contribution is -2.50. The van der Waals surface area contributed by atoms with Crippen LogP contribution in [-0.4, -0.2) is 54.6 Å². The smallest absolute Gasteiger partial charge is 0.270 e. The molecule has 0 bridgehead atoms. The first kappa shape index (κ1) is 21.7. The number of amides is 1. The molecule has 0 atom stereocenters. The minimum atomic E-state index is -3.61. The number of aryl methyl sites for hydroxylation is 2. The van der Waals surface area contributed by atoms with Crippen LogP contribution in [0.5, 0.6) is 0 Å². The molecule has 1 aliphatic heterocycles. The molecular weight excluding hydrogens is 406 g/mol. The molecule has 0 N–H and O–H groups in total. The van der Waals surface area contributed by atoms with Crippen molar-refractivity contribution >= 4 is 27.7 Å². The maximum atomic E-state index is 12.9. The van der Waals surface area contributed by atoms with E-state index in [1.807, 2.05) is 13.0 Å². The molecule has 0 aromatic heterocycles. The summed E-state index contributed by atoms with van der Waals surface area (Å²) in [6, 6.07) is 11.2. The van der Waals surface area contributed by atoms with Crippen LogP contribution in [0.15, 0.2) is 53.4 Å². The maximum absolute atomic E-state index is 12.9. The number of nitro benzene ring substituents is 1. The number of sulfonamides is 1. The third-order valence-corrected chi connectivity index (χ3v) is 7.06. The Balaban J connectivity index is 1.64. The fourth-order valence-corrected chi connectivity index (χ4v) is 5.02. The molecule has 2 aromatic rings. The predicted molar refractivity (Wildman–Crippen MR) is 113 cm³/mol. The molecule has 1 aliphatic rings. The summed E-state index contributed by atoms with van der Waals surface area (Å²) in [5.41, 5.74) is 2.20. The first-order chi connectivity index (χ1) is 14.2. The molecule has 158 valence electrons. The minimum Gasteiger partial charge on any atom is -0.337 e. The Morgan fingerprint density at radius 1 is 1.07 bits per heavy atom. The van der Waals surface area contributed by atoms with Crippen molar-refractivity contribution in [3.8, 4) is 0 Å². The summed E-state index contributed by atoms with van der Waals surface area (Å²) in [5, 5.41) is 10.8. The number of carbonyl (C=O) groups is 1. The van der Waals surface area contributed by atoms with Crippen LogP contribution in [0.1, 0.15) is 16.7 Å². The fraction of sp³-hybridized carbons (Fsp3) is 0.286. The zero-order valence-electron chi connectivity index (χ0n) is 16.8. The van der Waals surface area contributed by atoms with Gasteiger partial charge < -0.3 is 4.90 Å². The van der Waals surface area contributed by atoms with Crippen molar-refractivity contribution in [1.82, 2.24) is 9.21 Å². The maximum Gasteiger partial charge on any atom is 0.270 e. The lowest BCUT2D eigenvalue weighted by molar-refractivity contribution is -0.384. The topological polar surface area (TPSA) is 101 Å². The highest BCUT2D eigenvalue weighted by molar-refractivity contribution is 7.89. The molecule has 1 fully saturated rings. The summed E-state index contributed by atoms with van der Waals surface area (Å²) in [5.74, 6) is -0.259. The van der Waals surface area contributed by atoms with E-state index in [2.05, 4.69) is 0 Å². The molecule has 0 aliphatic carbocycles. The molecule has 1 heterocycles. The van der Waals surface area contributed by atoms with E-state index >= 15 is 0 Å². The lowest BCUT2D eigenvalue weighted by Gasteiger charge is -2.33. The Bertz CT molecular complexity index is 1100. The normalized spacial score (nSPS) is 15.5. The van der Waals surface area contributed by atoms with E-state index in [1.54, 1.807) is 36.1 Å². The lowest BCUT2D eigenvalue weighted by atomic mass is 10.2. The van der Waals surface area contributed by atoms with Gasteiger partial charge in [-0.2, -0.15) is 4.31 Å². The molecule has 0 saturated carbocycles. The summed E-state index contributed by atoms with van der Waals surface area (Å²) in [7, 11) is -3.61. The number of hydrogen-bond acceptors (Lipinski definition) is 5. The van der Waals surface area contributed by atoms with E-state index in [9.17, 15) is 23.3 Å². The third kappa shape index (κ3) is 4.74. The van der Waals surface area contributed by atoms with Gasteiger partial charge in [-0.05, 0) is 37.1 Å². The van der Waals surface area contributed by atoms with E-state index < -0.39 is 14.9 Å². The highest BCUT2D eigenvalue weighted by atomic mass is 32.2. The number of non-ortho nitro benzene ring substituents is 1. The summed E-state index contributed by atoms with van der Waals surface area (Å²) in [4.78, 5) is 24.7. The van der Waals surface area contributed by atoms with Crippen molar-refractivity contribution < 1.29 is 18.1 Å². The number of rotatable bonds is 5. The van der Waals surface area contributed by atoms with Crippen LogP contribution >= 0.6 is 0 Å². The molecule has 30 heavy (non-hydrogen) atoms. The molecule has 1 saturated heterocycles. The first-order valence-corrected chi connectivity index (χ1v) is 10.9. The van der Waals surface area contributed by atoms with Gasteiger partial charge in [0.1, 0.15) is 0 Å². The third-order valence-electron chi connectivity index (χ3n) is 5.00. The van der Waals surface area contributed by atoms with Gasteiger partial charge >= 0.3 is 0 Å². The number of benzene rings is 2. The summed E-state index contributed by atoms with van der Waals surface area (Å²) >= 11 is 0. The molecule has 1 amide bonds. The van der Waals surface area contributed by atoms with Crippen LogP contribution in [0.4, 0.5) is 5.69 Å². The number of nitro groups is 1. The zero-order valence-corrected chi connectivity index (χ0v) is 17.6. The minimum absolute atomic E-state index is 0.0465. The Labute approximate surface area is 175 Å². The molecule has 8 nitrogen and oxygen atoms in total. The largest absolute Gasteiger partial charge is 0.337 e. The summed E-state index contributed by atoms with van der Waals surface area (Å²) in [6.07, 6.45) is 2.88. The Hall–Kier alpha value is -3.04. The summed E-state index contributed by atoms with van der Waals surface area (Å²) in [6.45, 7) is 4.68. The molecular formula is C21H23N3O5S. The van der Waals surface area contributed by atoms with Crippen molar-refractivity contribution in [2.24, 2.45) is 0 Å². The molecule has 0 radical (unpaired) electrons. The van der Waals surface area contributed by atoms with E-state index in [0.717, 1.165) is 5.56 Å². The van der Waals surface area contributed by atoms with E-state index in [1.165, 1.54) is 28.6 Å². The van der Waals surface area contributed by atoms with E-state index in [4.69, 9.17) is 0 Å². The molecule has 3 rings (SSSR count). The van der Waals surface area contributed by atoms with Crippen molar-refractivity contribution in [3.05, 3.63) is 75.3 Å². The second-order valence-electron chi connectivity index (χ2n) is 7.18. The highest BCUT2D eigenvalue weighted by Gasteiger charge is 2.30. The van der Waals surface area contributed by atoms with Gasteiger partial charge in [-0.1, -0.05) is 29.8 Å². The zero-order chi connectivity index (χ0) is 21.9. The molecule has 0 unspecified atom stereocenters. The van der Waals surface area contributed by atoms with Crippen molar-refractivity contribution in [1.29, 1.82) is 0 Å². The molecule has 2 aromatic carbocycles. The van der Waals surface area contributed by atoms with E-state index in [-0.39, 0.29) is 37.8 Å². The van der Waals surface area contributed by atoms with Gasteiger partial charge in [0.05, 0.1) is 9.82 Å². The average Bonchev–Trinajstić information content (AvgIpc) is 2.72. The van der Waals surface area contributed by atoms with Gasteiger partial charge in [-0.3, -0.25) is 14.9 Å². The molecule has 9 heteroatoms. The van der Waals surface area contributed by atoms with Crippen LogP contribution in [0, 0.1) is 24.0 Å². The standard InChI is InChI=1S/C21H23N3O5S/c1-16-6-8-20(17(2)14-16)30(28,29)23-12-10-22(11-13-23)21(25)9-7-18-4-3-5-19(15-18)24(26)27/h3-9,14-15H,10-13H2,1-2H3/b9-7+. The van der Waals surface area contributed by atoms with Gasteiger partial charge in [0.15, 0.2) is 0 Å². The highest BCUT2D eigenvalue weighted by Crippen LogP contribution is 2.22. The number of hydrogen-bond donors (Lipinski definition) is 0. The Morgan fingerprint density at radius 3 is 2.40 bits per heavy atom. The van der Waals surface area contributed by atoms with Crippen LogP contribution < -0.4 is 0 Å². The second-order valence-corrected chi connectivity index (χ2v) is 9.09. The Morgan fingerprint density at radius 2 is 1.77 bits per heavy atom. The fourth-order valence-electron chi connectivity index (χ4n) is 3.39. The Kier molecular flexibility index (Phi) is 6.33. The van der Waals surface area contributed by atoms with Crippen molar-refractivity contribution in [2.75, 3.05) is 26.2 Å². The van der Waals surface area contributed by atoms with Crippen molar-refractivity contribution in [2.45, 2.75) is 18.7 Å². The van der Waals surface area contributed by atoms with Gasteiger partial charge in [0, 0.05) is 44.4 Å². The van der Waals surface area contributed by atoms with Crippen LogP contribution in [-0.2, 0) is 14.8 Å². The number of nitrogens with zero attached hydrogens (tertiary/aromatic N) is 3. The molecule has 0 spiro atoms. The average molecular weight is 429 g/mol. The summed E-state index contributed by atoms with van der Waals surface area (Å²) < 4.78 is 27.3. The van der Waals surface area contributed by atoms with Crippen LogP contribution in [0.25, 0.3) is 6.08 Å². The SMILES string of the molecule is Cc1ccc(S(=O)(=O)N2CCN(C(=O)/C=C/c3cccc([N+](=O)[O-])c3)CC2)c(C)c1. The number of carbonyl (C=O) groups excluding carboxylic acids is 1. The van der Waals surface area contributed by atoms with Crippen molar-refractivity contribution in [3.63, 3.8) is 0 Å². The monoisotopic (exact) mass is 429 g/mol. The van der Waals surface area contributed by atoms with E-state index in [0.29, 0.717) is 16.0 Å². The number of piperazine rings is 1.